The average Bonchev–Trinajstić information content (AvgIpc) is 2.40. The van der Waals surface area contributed by atoms with Crippen LogP contribution in [0.3, 0.4) is 0 Å². The molecule has 0 heterocycles. The SMILES string of the molecule is CCC(CC)(CCl)CNC(=O)c1ccc(C)cc1C. The van der Waals surface area contributed by atoms with E-state index in [1.807, 2.05) is 32.0 Å². The number of nitrogens with one attached hydrogen (secondary N) is 1. The first-order valence-electron chi connectivity index (χ1n) is 6.89. The highest BCUT2D eigenvalue weighted by Gasteiger charge is 2.26. The van der Waals surface area contributed by atoms with E-state index in [1.165, 1.54) is 5.56 Å². The van der Waals surface area contributed by atoms with Gasteiger partial charge >= 0.3 is 0 Å². The number of aryl methyl sites for hydroxylation is 2. The summed E-state index contributed by atoms with van der Waals surface area (Å²) in [6, 6.07) is 5.89. The molecule has 1 amide bonds. The molecule has 0 atom stereocenters. The van der Waals surface area contributed by atoms with Crippen LogP contribution in [0.1, 0.15) is 48.2 Å². The molecule has 0 aromatic heterocycles. The maximum Gasteiger partial charge on any atom is 0.251 e. The van der Waals surface area contributed by atoms with Gasteiger partial charge in [0.1, 0.15) is 0 Å². The monoisotopic (exact) mass is 281 g/mol. The van der Waals surface area contributed by atoms with E-state index in [0.29, 0.717) is 12.4 Å². The Morgan fingerprint density at radius 2 is 1.89 bits per heavy atom. The molecule has 1 N–H and O–H groups in total. The van der Waals surface area contributed by atoms with Gasteiger partial charge in [-0.2, -0.15) is 0 Å². The molecule has 3 heteroatoms. The zero-order chi connectivity index (χ0) is 14.5. The van der Waals surface area contributed by atoms with Crippen molar-refractivity contribution in [3.8, 4) is 0 Å². The predicted octanol–water partition coefficient (Wildman–Crippen LogP) is 4.08. The maximum atomic E-state index is 12.2. The molecular formula is C16H24ClNO. The summed E-state index contributed by atoms with van der Waals surface area (Å²) in [7, 11) is 0. The van der Waals surface area contributed by atoms with Gasteiger partial charge in [-0.1, -0.05) is 31.5 Å². The summed E-state index contributed by atoms with van der Waals surface area (Å²) >= 11 is 6.05. The second-order valence-electron chi connectivity index (χ2n) is 5.34. The third kappa shape index (κ3) is 3.97. The summed E-state index contributed by atoms with van der Waals surface area (Å²) in [5, 5.41) is 3.03. The number of carbonyl (C=O) groups is 1. The Hall–Kier alpha value is -1.02. The van der Waals surface area contributed by atoms with Crippen LogP contribution in [-0.2, 0) is 0 Å². The molecule has 1 rings (SSSR count). The lowest BCUT2D eigenvalue weighted by atomic mass is 9.84. The standard InChI is InChI=1S/C16H24ClNO/c1-5-16(6-2,10-17)11-18-15(19)14-8-7-12(3)9-13(14)4/h7-9H,5-6,10-11H2,1-4H3,(H,18,19). The van der Waals surface area contributed by atoms with Crippen molar-refractivity contribution in [1.82, 2.24) is 5.32 Å². The van der Waals surface area contributed by atoms with Crippen molar-refractivity contribution in [2.24, 2.45) is 5.41 Å². The van der Waals surface area contributed by atoms with Crippen molar-refractivity contribution < 1.29 is 4.79 Å². The van der Waals surface area contributed by atoms with Crippen molar-refractivity contribution in [3.63, 3.8) is 0 Å². The number of benzene rings is 1. The van der Waals surface area contributed by atoms with E-state index in [2.05, 4.69) is 19.2 Å². The fourth-order valence-electron chi connectivity index (χ4n) is 2.17. The number of alkyl halides is 1. The first-order valence-corrected chi connectivity index (χ1v) is 7.43. The lowest BCUT2D eigenvalue weighted by Crippen LogP contribution is -2.38. The number of rotatable bonds is 6. The highest BCUT2D eigenvalue weighted by Crippen LogP contribution is 2.27. The molecular weight excluding hydrogens is 258 g/mol. The Morgan fingerprint density at radius 1 is 1.26 bits per heavy atom. The number of halogens is 1. The quantitative estimate of drug-likeness (QED) is 0.782. The first kappa shape index (κ1) is 16.0. The van der Waals surface area contributed by atoms with Gasteiger partial charge in [0.05, 0.1) is 0 Å². The summed E-state index contributed by atoms with van der Waals surface area (Å²) < 4.78 is 0. The van der Waals surface area contributed by atoms with E-state index in [9.17, 15) is 4.79 Å². The van der Waals surface area contributed by atoms with Gasteiger partial charge in [-0.05, 0) is 38.3 Å². The molecule has 0 spiro atoms. The fourth-order valence-corrected chi connectivity index (χ4v) is 2.64. The molecule has 0 aliphatic carbocycles. The van der Waals surface area contributed by atoms with Crippen LogP contribution >= 0.6 is 11.6 Å². The van der Waals surface area contributed by atoms with Crippen molar-refractivity contribution in [2.45, 2.75) is 40.5 Å². The highest BCUT2D eigenvalue weighted by molar-refractivity contribution is 6.18. The van der Waals surface area contributed by atoms with E-state index in [0.717, 1.165) is 24.0 Å². The smallest absolute Gasteiger partial charge is 0.251 e. The lowest BCUT2D eigenvalue weighted by Gasteiger charge is -2.29. The van der Waals surface area contributed by atoms with Crippen molar-refractivity contribution in [2.75, 3.05) is 12.4 Å². The molecule has 19 heavy (non-hydrogen) atoms. The van der Waals surface area contributed by atoms with Crippen molar-refractivity contribution in [3.05, 3.63) is 34.9 Å². The number of hydrogen-bond donors (Lipinski definition) is 1. The summed E-state index contributed by atoms with van der Waals surface area (Å²) in [6.07, 6.45) is 1.94. The lowest BCUT2D eigenvalue weighted by molar-refractivity contribution is 0.0931. The Morgan fingerprint density at radius 3 is 2.37 bits per heavy atom. The van der Waals surface area contributed by atoms with Crippen LogP contribution in [0.25, 0.3) is 0 Å². The van der Waals surface area contributed by atoms with E-state index < -0.39 is 0 Å². The van der Waals surface area contributed by atoms with Crippen LogP contribution in [0.5, 0.6) is 0 Å². The minimum atomic E-state index is -0.00566. The molecule has 0 bridgehead atoms. The maximum absolute atomic E-state index is 12.2. The van der Waals surface area contributed by atoms with Crippen molar-refractivity contribution in [1.29, 1.82) is 0 Å². The molecule has 0 unspecified atom stereocenters. The van der Waals surface area contributed by atoms with Crippen LogP contribution < -0.4 is 5.32 Å². The van der Waals surface area contributed by atoms with Gasteiger partial charge in [-0.3, -0.25) is 4.79 Å². The molecule has 1 aromatic rings. The van der Waals surface area contributed by atoms with Crippen LogP contribution in [-0.4, -0.2) is 18.3 Å². The summed E-state index contributed by atoms with van der Waals surface area (Å²) in [6.45, 7) is 8.87. The summed E-state index contributed by atoms with van der Waals surface area (Å²) in [4.78, 5) is 12.2. The average molecular weight is 282 g/mol. The predicted molar refractivity (Wildman–Crippen MR) is 82.0 cm³/mol. The second kappa shape index (κ2) is 6.95. The van der Waals surface area contributed by atoms with Gasteiger partial charge < -0.3 is 5.32 Å². The fraction of sp³-hybridized carbons (Fsp3) is 0.562. The third-order valence-electron chi connectivity index (χ3n) is 4.03. The molecule has 106 valence electrons. The minimum absolute atomic E-state index is 0.00566. The summed E-state index contributed by atoms with van der Waals surface area (Å²) in [5.41, 5.74) is 2.95. The minimum Gasteiger partial charge on any atom is -0.351 e. The van der Waals surface area contributed by atoms with E-state index in [1.54, 1.807) is 0 Å². The Labute approximate surface area is 121 Å². The van der Waals surface area contributed by atoms with E-state index in [4.69, 9.17) is 11.6 Å². The zero-order valence-electron chi connectivity index (χ0n) is 12.3. The zero-order valence-corrected chi connectivity index (χ0v) is 13.1. The van der Waals surface area contributed by atoms with Crippen LogP contribution in [0.4, 0.5) is 0 Å². The molecule has 0 fully saturated rings. The Kier molecular flexibility index (Phi) is 5.86. The van der Waals surface area contributed by atoms with Crippen LogP contribution in [0, 0.1) is 19.3 Å². The normalized spacial score (nSPS) is 11.4. The van der Waals surface area contributed by atoms with Gasteiger partial charge in [-0.25, -0.2) is 0 Å². The number of hydrogen-bond acceptors (Lipinski definition) is 1. The van der Waals surface area contributed by atoms with E-state index in [-0.39, 0.29) is 11.3 Å². The third-order valence-corrected chi connectivity index (χ3v) is 4.60. The number of carbonyl (C=O) groups excluding carboxylic acids is 1. The van der Waals surface area contributed by atoms with Gasteiger partial charge in [0, 0.05) is 23.4 Å². The largest absolute Gasteiger partial charge is 0.351 e. The van der Waals surface area contributed by atoms with Gasteiger partial charge in [0.2, 0.25) is 0 Å². The molecule has 2 nitrogen and oxygen atoms in total. The van der Waals surface area contributed by atoms with Crippen LogP contribution in [0.2, 0.25) is 0 Å². The van der Waals surface area contributed by atoms with Crippen LogP contribution in [0.15, 0.2) is 18.2 Å². The number of amides is 1. The molecule has 1 aromatic carbocycles. The molecule has 0 saturated carbocycles. The van der Waals surface area contributed by atoms with Gasteiger partial charge in [0.25, 0.3) is 5.91 Å². The molecule has 0 radical (unpaired) electrons. The van der Waals surface area contributed by atoms with E-state index >= 15 is 0 Å². The second-order valence-corrected chi connectivity index (χ2v) is 5.61. The molecule has 0 aliphatic rings. The first-order chi connectivity index (χ1) is 8.98. The van der Waals surface area contributed by atoms with Gasteiger partial charge in [-0.15, -0.1) is 11.6 Å². The Bertz CT molecular complexity index is 430. The molecule has 0 saturated heterocycles. The Balaban J connectivity index is 2.75. The van der Waals surface area contributed by atoms with Crippen molar-refractivity contribution >= 4 is 17.5 Å². The molecule has 0 aliphatic heterocycles. The van der Waals surface area contributed by atoms with Gasteiger partial charge in [0.15, 0.2) is 0 Å². The highest BCUT2D eigenvalue weighted by atomic mass is 35.5. The summed E-state index contributed by atoms with van der Waals surface area (Å²) in [5.74, 6) is 0.571. The topological polar surface area (TPSA) is 29.1 Å².